The Labute approximate surface area is 230 Å². The number of hydrogen-bond donors (Lipinski definition) is 2. The molecule has 5 nitrogen and oxygen atoms in total. The average molecular weight is 519 g/mol. The molecule has 1 aliphatic rings. The number of ether oxygens (including phenoxy) is 1. The number of carbonyl (C=O) groups excluding carboxylic acids is 2. The van der Waals surface area contributed by atoms with Crippen LogP contribution in [0.4, 0.5) is 5.69 Å². The van der Waals surface area contributed by atoms with Crippen molar-refractivity contribution < 1.29 is 14.3 Å². The summed E-state index contributed by atoms with van der Waals surface area (Å²) in [4.78, 5) is 26.5. The van der Waals surface area contributed by atoms with E-state index < -0.39 is 5.41 Å². The minimum Gasteiger partial charge on any atom is -0.457 e. The van der Waals surface area contributed by atoms with Crippen molar-refractivity contribution in [1.82, 2.24) is 5.32 Å². The number of benzene rings is 4. The van der Waals surface area contributed by atoms with Crippen LogP contribution in [0.25, 0.3) is 0 Å². The highest BCUT2D eigenvalue weighted by atomic mass is 16.5. The molecule has 2 amide bonds. The third-order valence-electron chi connectivity index (χ3n) is 7.45. The lowest BCUT2D eigenvalue weighted by atomic mass is 9.78. The Morgan fingerprint density at radius 1 is 0.795 bits per heavy atom. The molecule has 2 N–H and O–H groups in total. The molecule has 4 aromatic carbocycles. The van der Waals surface area contributed by atoms with Crippen LogP contribution < -0.4 is 15.4 Å². The van der Waals surface area contributed by atoms with Crippen molar-refractivity contribution in [2.24, 2.45) is 0 Å². The Bertz CT molecular complexity index is 1400. The molecular formula is C34H34N2O3. The molecule has 0 saturated heterocycles. The minimum atomic E-state index is -0.426. The third-order valence-corrected chi connectivity index (χ3v) is 7.45. The molecule has 0 aliphatic heterocycles. The van der Waals surface area contributed by atoms with Gasteiger partial charge in [-0.05, 0) is 73.7 Å². The lowest BCUT2D eigenvalue weighted by Gasteiger charge is -2.30. The van der Waals surface area contributed by atoms with Crippen molar-refractivity contribution in [2.45, 2.75) is 50.5 Å². The van der Waals surface area contributed by atoms with Gasteiger partial charge in [0.05, 0.1) is 11.0 Å². The van der Waals surface area contributed by atoms with Crippen LogP contribution in [0.5, 0.6) is 11.5 Å². The third kappa shape index (κ3) is 6.20. The molecule has 1 saturated carbocycles. The molecule has 39 heavy (non-hydrogen) atoms. The van der Waals surface area contributed by atoms with Gasteiger partial charge in [-0.3, -0.25) is 9.59 Å². The Balaban J connectivity index is 1.20. The molecule has 1 unspecified atom stereocenters. The summed E-state index contributed by atoms with van der Waals surface area (Å²) in [6, 6.07) is 34.5. The van der Waals surface area contributed by atoms with E-state index in [1.165, 1.54) is 0 Å². The first-order valence-corrected chi connectivity index (χ1v) is 13.6. The zero-order valence-electron chi connectivity index (χ0n) is 22.2. The van der Waals surface area contributed by atoms with Gasteiger partial charge in [0.25, 0.3) is 5.91 Å². The fraction of sp³-hybridized carbons (Fsp3) is 0.235. The quantitative estimate of drug-likeness (QED) is 0.244. The van der Waals surface area contributed by atoms with Crippen molar-refractivity contribution in [3.63, 3.8) is 0 Å². The molecule has 4 aromatic rings. The fourth-order valence-corrected chi connectivity index (χ4v) is 5.43. The summed E-state index contributed by atoms with van der Waals surface area (Å²) in [5.41, 5.74) is 2.94. The molecule has 0 spiro atoms. The Morgan fingerprint density at radius 2 is 1.41 bits per heavy atom. The first-order chi connectivity index (χ1) is 19.0. The maximum atomic E-state index is 13.5. The number of hydrogen-bond acceptors (Lipinski definition) is 3. The zero-order chi connectivity index (χ0) is 27.1. The van der Waals surface area contributed by atoms with Crippen molar-refractivity contribution in [3.8, 4) is 11.5 Å². The van der Waals surface area contributed by atoms with Crippen LogP contribution in [-0.4, -0.2) is 17.9 Å². The molecule has 1 fully saturated rings. The lowest BCUT2D eigenvalue weighted by molar-refractivity contribution is -0.127. The minimum absolute atomic E-state index is 0.0128. The van der Waals surface area contributed by atoms with E-state index in [2.05, 4.69) is 22.8 Å². The van der Waals surface area contributed by atoms with Crippen LogP contribution in [0, 0.1) is 0 Å². The summed E-state index contributed by atoms with van der Waals surface area (Å²) in [5.74, 6) is 1.06. The fourth-order valence-electron chi connectivity index (χ4n) is 5.43. The normalized spacial score (nSPS) is 14.8. The molecule has 0 radical (unpaired) electrons. The highest BCUT2D eigenvalue weighted by Crippen LogP contribution is 2.41. The molecule has 1 atom stereocenters. The molecule has 0 bridgehead atoms. The maximum absolute atomic E-state index is 13.5. The van der Waals surface area contributed by atoms with Crippen molar-refractivity contribution in [3.05, 3.63) is 126 Å². The van der Waals surface area contributed by atoms with E-state index in [-0.39, 0.29) is 17.9 Å². The first kappa shape index (κ1) is 26.2. The number of amides is 2. The summed E-state index contributed by atoms with van der Waals surface area (Å²) >= 11 is 0. The van der Waals surface area contributed by atoms with Crippen LogP contribution in [0.3, 0.4) is 0 Å². The van der Waals surface area contributed by atoms with Crippen LogP contribution in [-0.2, 0) is 16.6 Å². The molecule has 0 heterocycles. The largest absolute Gasteiger partial charge is 0.457 e. The number of nitrogens with one attached hydrogen (secondary N) is 2. The van der Waals surface area contributed by atoms with Crippen LogP contribution >= 0.6 is 0 Å². The molecular weight excluding hydrogens is 484 g/mol. The van der Waals surface area contributed by atoms with Gasteiger partial charge in [-0.25, -0.2) is 0 Å². The monoisotopic (exact) mass is 518 g/mol. The number of carbonyl (C=O) groups is 2. The summed E-state index contributed by atoms with van der Waals surface area (Å²) in [6.07, 6.45) is 4.64. The van der Waals surface area contributed by atoms with Crippen LogP contribution in [0.2, 0.25) is 0 Å². The zero-order valence-corrected chi connectivity index (χ0v) is 22.2. The second-order valence-electron chi connectivity index (χ2n) is 10.3. The Kier molecular flexibility index (Phi) is 8.07. The second kappa shape index (κ2) is 12.0. The van der Waals surface area contributed by atoms with E-state index in [1.807, 2.05) is 91.9 Å². The SMILES string of the molecule is CC(Cc1ccc(NC(=O)c2ccccc2Oc2ccccc2)cc1)NC(=O)C1(c2ccccc2)CCCC1. The van der Waals surface area contributed by atoms with Crippen LogP contribution in [0.15, 0.2) is 109 Å². The summed E-state index contributed by atoms with van der Waals surface area (Å²) in [7, 11) is 0. The molecule has 198 valence electrons. The van der Waals surface area contributed by atoms with Gasteiger partial charge in [0, 0.05) is 11.7 Å². The summed E-state index contributed by atoms with van der Waals surface area (Å²) in [5, 5.41) is 6.25. The second-order valence-corrected chi connectivity index (χ2v) is 10.3. The van der Waals surface area contributed by atoms with E-state index >= 15 is 0 Å². The summed E-state index contributed by atoms with van der Waals surface area (Å²) in [6.45, 7) is 2.05. The first-order valence-electron chi connectivity index (χ1n) is 13.6. The number of rotatable bonds is 9. The van der Waals surface area contributed by atoms with Gasteiger partial charge < -0.3 is 15.4 Å². The van der Waals surface area contributed by atoms with E-state index in [4.69, 9.17) is 4.74 Å². The molecule has 5 heteroatoms. The Morgan fingerprint density at radius 3 is 2.10 bits per heavy atom. The highest BCUT2D eigenvalue weighted by Gasteiger charge is 2.42. The Hall–Kier alpha value is -4.38. The van der Waals surface area contributed by atoms with Gasteiger partial charge in [0.2, 0.25) is 5.91 Å². The number of para-hydroxylation sites is 2. The predicted octanol–water partition coefficient (Wildman–Crippen LogP) is 7.29. The van der Waals surface area contributed by atoms with E-state index in [1.54, 1.807) is 12.1 Å². The van der Waals surface area contributed by atoms with E-state index in [0.29, 0.717) is 29.2 Å². The standard InChI is InChI=1S/C34H34N2O3/c1-25(35-33(38)34(22-10-11-23-34)27-12-4-2-5-13-27)24-26-18-20-28(21-19-26)36-32(37)30-16-8-9-17-31(30)39-29-14-6-3-7-15-29/h2-9,12-21,25H,10-11,22-24H2,1H3,(H,35,38)(H,36,37). The highest BCUT2D eigenvalue weighted by molar-refractivity contribution is 6.06. The van der Waals surface area contributed by atoms with Gasteiger partial charge in [0.15, 0.2) is 0 Å². The number of anilines is 1. The lowest BCUT2D eigenvalue weighted by Crippen LogP contribution is -2.46. The smallest absolute Gasteiger partial charge is 0.259 e. The van der Waals surface area contributed by atoms with Gasteiger partial charge in [-0.1, -0.05) is 85.6 Å². The van der Waals surface area contributed by atoms with Gasteiger partial charge in [-0.2, -0.15) is 0 Å². The van der Waals surface area contributed by atoms with Gasteiger partial charge in [0.1, 0.15) is 11.5 Å². The van der Waals surface area contributed by atoms with Gasteiger partial charge in [-0.15, -0.1) is 0 Å². The molecule has 0 aromatic heterocycles. The van der Waals surface area contributed by atoms with Gasteiger partial charge >= 0.3 is 0 Å². The van der Waals surface area contributed by atoms with E-state index in [0.717, 1.165) is 36.8 Å². The maximum Gasteiger partial charge on any atom is 0.259 e. The van der Waals surface area contributed by atoms with Crippen molar-refractivity contribution in [1.29, 1.82) is 0 Å². The van der Waals surface area contributed by atoms with E-state index in [9.17, 15) is 9.59 Å². The van der Waals surface area contributed by atoms with Crippen molar-refractivity contribution in [2.75, 3.05) is 5.32 Å². The topological polar surface area (TPSA) is 67.4 Å². The van der Waals surface area contributed by atoms with Crippen molar-refractivity contribution >= 4 is 17.5 Å². The van der Waals surface area contributed by atoms with Crippen LogP contribution in [0.1, 0.15) is 54.1 Å². The average Bonchev–Trinajstić information content (AvgIpc) is 3.47. The molecule has 5 rings (SSSR count). The molecule has 1 aliphatic carbocycles. The summed E-state index contributed by atoms with van der Waals surface area (Å²) < 4.78 is 5.94. The predicted molar refractivity (Wildman–Crippen MR) is 155 cm³/mol.